The summed E-state index contributed by atoms with van der Waals surface area (Å²) < 4.78 is 30.5. The van der Waals surface area contributed by atoms with Gasteiger partial charge in [-0.25, -0.2) is 18.8 Å². The fourth-order valence-electron chi connectivity index (χ4n) is 5.07. The molecule has 0 radical (unpaired) electrons. The number of fused-ring (bicyclic) bond motifs is 1. The fraction of sp³-hybridized carbons (Fsp3) is 0.321. The van der Waals surface area contributed by atoms with Gasteiger partial charge < -0.3 is 20.5 Å². The highest BCUT2D eigenvalue weighted by molar-refractivity contribution is 5.98. The van der Waals surface area contributed by atoms with Crippen molar-refractivity contribution < 1.29 is 13.6 Å². The van der Waals surface area contributed by atoms with Crippen LogP contribution in [0.2, 0.25) is 0 Å². The summed E-state index contributed by atoms with van der Waals surface area (Å²) in [6, 6.07) is 6.68. The van der Waals surface area contributed by atoms with E-state index in [1.165, 1.54) is 6.07 Å². The lowest BCUT2D eigenvalue weighted by Gasteiger charge is -2.27. The van der Waals surface area contributed by atoms with Crippen LogP contribution in [0.1, 0.15) is 49.4 Å². The zero-order chi connectivity index (χ0) is 26.3. The molecule has 0 spiro atoms. The summed E-state index contributed by atoms with van der Waals surface area (Å²) in [7, 11) is 0. The zero-order valence-electron chi connectivity index (χ0n) is 21.2. The summed E-state index contributed by atoms with van der Waals surface area (Å²) in [5.74, 6) is 0.168. The predicted molar refractivity (Wildman–Crippen MR) is 143 cm³/mol. The Kier molecular flexibility index (Phi) is 6.64. The first-order valence-electron chi connectivity index (χ1n) is 12.4. The number of nitrogens with one attached hydrogen (secondary N) is 3. The smallest absolute Gasteiger partial charge is 0.241 e. The highest BCUT2D eigenvalue weighted by Crippen LogP contribution is 2.35. The summed E-state index contributed by atoms with van der Waals surface area (Å²) >= 11 is 0. The monoisotopic (exact) mass is 504 g/mol. The van der Waals surface area contributed by atoms with Crippen LogP contribution in [0, 0.1) is 12.7 Å². The number of carbonyl (C=O) groups excluding carboxylic acids is 1. The average Bonchev–Trinajstić information content (AvgIpc) is 3.12. The maximum Gasteiger partial charge on any atom is 0.241 e. The lowest BCUT2D eigenvalue weighted by Crippen LogP contribution is -2.48. The number of amides is 1. The van der Waals surface area contributed by atoms with Crippen molar-refractivity contribution in [2.45, 2.75) is 39.5 Å². The van der Waals surface area contributed by atoms with Crippen molar-refractivity contribution in [1.82, 2.24) is 20.6 Å². The predicted octanol–water partition coefficient (Wildman–Crippen LogP) is 5.38. The van der Waals surface area contributed by atoms with Gasteiger partial charge in [0.15, 0.2) is 5.82 Å². The Morgan fingerprint density at radius 3 is 2.70 bits per heavy atom. The van der Waals surface area contributed by atoms with Gasteiger partial charge >= 0.3 is 0 Å². The van der Waals surface area contributed by atoms with Crippen LogP contribution < -0.4 is 15.5 Å². The molecular formula is C28H30F2N6O. The molecule has 37 heavy (non-hydrogen) atoms. The summed E-state index contributed by atoms with van der Waals surface area (Å²) in [6.07, 6.45) is 1.96. The molecule has 4 heterocycles. The first-order valence-corrected chi connectivity index (χ1v) is 12.4. The number of H-pyrrole nitrogens is 1. The van der Waals surface area contributed by atoms with Crippen molar-refractivity contribution in [3.63, 3.8) is 0 Å². The number of piperazine rings is 1. The minimum atomic E-state index is -0.439. The summed E-state index contributed by atoms with van der Waals surface area (Å²) in [6.45, 7) is 11.6. The molecule has 1 amide bonds. The maximum absolute atomic E-state index is 15.4. The van der Waals surface area contributed by atoms with Crippen molar-refractivity contribution >= 4 is 39.8 Å². The van der Waals surface area contributed by atoms with Gasteiger partial charge in [0.2, 0.25) is 5.91 Å². The van der Waals surface area contributed by atoms with Gasteiger partial charge in [-0.15, -0.1) is 0 Å². The van der Waals surface area contributed by atoms with Gasteiger partial charge in [0, 0.05) is 42.6 Å². The Morgan fingerprint density at radius 1 is 1.19 bits per heavy atom. The number of aromatic nitrogens is 2. The summed E-state index contributed by atoms with van der Waals surface area (Å²) in [4.78, 5) is 26.0. The van der Waals surface area contributed by atoms with Gasteiger partial charge in [-0.05, 0) is 42.7 Å². The molecule has 2 aliphatic heterocycles. The molecule has 0 saturated carbocycles. The number of carbonyl (C=O) groups is 1. The van der Waals surface area contributed by atoms with E-state index < -0.39 is 11.6 Å². The van der Waals surface area contributed by atoms with E-state index in [2.05, 4.69) is 46.0 Å². The third-order valence-corrected chi connectivity index (χ3v) is 6.71. The third-order valence-electron chi connectivity index (χ3n) is 6.71. The second-order valence-corrected chi connectivity index (χ2v) is 9.86. The topological polar surface area (TPSA) is 85.4 Å². The molecule has 1 saturated heterocycles. The number of hydrogen-bond donors (Lipinski definition) is 3. The Hall–Kier alpha value is -3.85. The second-order valence-electron chi connectivity index (χ2n) is 9.86. The van der Waals surface area contributed by atoms with Crippen LogP contribution in [-0.4, -0.2) is 41.3 Å². The standard InChI is InChI=1S/C28H30F2N6O/c1-15(2)26-17(4)33-28-20(26)11-18(12-22(28)30)27-21(29)9-16(3)10-24(35-27)34-23-6-5-19(13-32-23)36-8-7-31-14-25(36)37/h5-6,11-13,15,31,33H,3,7-10,14H2,1-2,4H3,(H,32,34,35). The van der Waals surface area contributed by atoms with Crippen LogP contribution in [0.5, 0.6) is 0 Å². The first kappa shape index (κ1) is 24.8. The number of aliphatic imine (C=N–C) groups is 1. The quantitative estimate of drug-likeness (QED) is 0.417. The number of hydrogen-bond acceptors (Lipinski definition) is 4. The second kappa shape index (κ2) is 9.89. The van der Waals surface area contributed by atoms with Crippen LogP contribution in [0.3, 0.4) is 0 Å². The number of nitrogens with zero attached hydrogens (tertiary/aromatic N) is 3. The molecule has 3 N–H and O–H groups in total. The number of aromatic amines is 1. The highest BCUT2D eigenvalue weighted by Gasteiger charge is 2.23. The van der Waals surface area contributed by atoms with Crippen molar-refractivity contribution in [1.29, 1.82) is 0 Å². The lowest BCUT2D eigenvalue weighted by atomic mass is 9.97. The largest absolute Gasteiger partial charge is 0.356 e. The van der Waals surface area contributed by atoms with Gasteiger partial charge in [-0.1, -0.05) is 26.0 Å². The van der Waals surface area contributed by atoms with Crippen molar-refractivity contribution in [2.24, 2.45) is 4.99 Å². The number of benzene rings is 1. The van der Waals surface area contributed by atoms with E-state index in [0.29, 0.717) is 53.5 Å². The minimum Gasteiger partial charge on any atom is -0.356 e. The number of halogens is 2. The number of amidine groups is 1. The molecule has 2 aliphatic rings. The molecule has 1 aromatic carbocycles. The van der Waals surface area contributed by atoms with Crippen LogP contribution in [-0.2, 0) is 4.79 Å². The Morgan fingerprint density at radius 2 is 2.00 bits per heavy atom. The number of pyridine rings is 1. The van der Waals surface area contributed by atoms with E-state index >= 15 is 8.78 Å². The fourth-order valence-corrected chi connectivity index (χ4v) is 5.07. The molecular weight excluding hydrogens is 474 g/mol. The van der Waals surface area contributed by atoms with Gasteiger partial charge in [0.25, 0.3) is 0 Å². The zero-order valence-corrected chi connectivity index (χ0v) is 21.2. The van der Waals surface area contributed by atoms with E-state index in [0.717, 1.165) is 23.2 Å². The van der Waals surface area contributed by atoms with Crippen molar-refractivity contribution in [3.05, 3.63) is 71.1 Å². The third kappa shape index (κ3) is 4.91. The van der Waals surface area contributed by atoms with E-state index in [1.807, 2.05) is 13.0 Å². The Bertz CT molecular complexity index is 1450. The molecule has 7 nitrogen and oxygen atoms in total. The number of anilines is 1. The molecule has 192 valence electrons. The number of allylic oxidation sites excluding steroid dienone is 1. The molecule has 9 heteroatoms. The van der Waals surface area contributed by atoms with E-state index in [-0.39, 0.29) is 23.9 Å². The van der Waals surface area contributed by atoms with E-state index in [9.17, 15) is 4.79 Å². The van der Waals surface area contributed by atoms with Gasteiger partial charge in [0.05, 0.1) is 29.6 Å². The van der Waals surface area contributed by atoms with Crippen LogP contribution in [0.4, 0.5) is 20.3 Å². The van der Waals surface area contributed by atoms with Gasteiger partial charge in [-0.3, -0.25) is 4.79 Å². The van der Waals surface area contributed by atoms with Crippen LogP contribution in [0.15, 0.2) is 53.4 Å². The average molecular weight is 505 g/mol. The summed E-state index contributed by atoms with van der Waals surface area (Å²) in [5.41, 5.74) is 4.26. The summed E-state index contributed by atoms with van der Waals surface area (Å²) in [5, 5.41) is 6.88. The first-order chi connectivity index (χ1) is 17.7. The maximum atomic E-state index is 15.4. The minimum absolute atomic E-state index is 0.0125. The number of aryl methyl sites for hydroxylation is 1. The SMILES string of the molecule is C=C1CC(=Nc2ccc(N3CCNCC3=O)cn2)NC(c2cc(F)c3[nH]c(C)c(C(C)C)c3c2)=C(F)C1. The Labute approximate surface area is 214 Å². The Balaban J connectivity index is 1.48. The van der Waals surface area contributed by atoms with Crippen LogP contribution >= 0.6 is 0 Å². The van der Waals surface area contributed by atoms with E-state index in [1.54, 1.807) is 23.2 Å². The molecule has 0 bridgehead atoms. The highest BCUT2D eigenvalue weighted by atomic mass is 19.1. The van der Waals surface area contributed by atoms with Gasteiger partial charge in [0.1, 0.15) is 17.5 Å². The van der Waals surface area contributed by atoms with Gasteiger partial charge in [-0.2, -0.15) is 0 Å². The molecule has 0 aliphatic carbocycles. The molecule has 5 rings (SSSR count). The normalized spacial score (nSPS) is 18.2. The molecule has 3 aromatic rings. The molecule has 0 unspecified atom stereocenters. The molecule has 0 atom stereocenters. The van der Waals surface area contributed by atoms with Crippen LogP contribution in [0.25, 0.3) is 16.6 Å². The molecule has 2 aromatic heterocycles. The molecule has 1 fully saturated rings. The lowest BCUT2D eigenvalue weighted by molar-refractivity contribution is -0.118. The number of rotatable bonds is 4. The van der Waals surface area contributed by atoms with Crippen molar-refractivity contribution in [3.8, 4) is 0 Å². The van der Waals surface area contributed by atoms with Crippen molar-refractivity contribution in [2.75, 3.05) is 24.5 Å². The van der Waals surface area contributed by atoms with E-state index in [4.69, 9.17) is 0 Å².